The third-order valence-electron chi connectivity index (χ3n) is 4.68. The molecule has 0 saturated carbocycles. The van der Waals surface area contributed by atoms with Gasteiger partial charge in [-0.05, 0) is 74.5 Å². The Kier molecular flexibility index (Phi) is 5.81. The fourth-order valence-electron chi connectivity index (χ4n) is 3.26. The molecule has 0 unspecified atom stereocenters. The van der Waals surface area contributed by atoms with Crippen LogP contribution in [0.1, 0.15) is 17.0 Å². The molecule has 1 N–H and O–H groups in total. The number of nitrogens with zero attached hydrogens (tertiary/aromatic N) is 4. The van der Waals surface area contributed by atoms with E-state index in [0.717, 1.165) is 21.8 Å². The first kappa shape index (κ1) is 20.7. The van der Waals surface area contributed by atoms with E-state index in [9.17, 15) is 9.59 Å². The summed E-state index contributed by atoms with van der Waals surface area (Å²) in [5.41, 5.74) is 3.85. The van der Waals surface area contributed by atoms with Crippen molar-refractivity contribution < 1.29 is 4.79 Å². The Morgan fingerprint density at radius 1 is 1.03 bits per heavy atom. The average molecular weight is 432 g/mol. The number of aromatic nitrogens is 4. The highest BCUT2D eigenvalue weighted by molar-refractivity contribution is 7.99. The standard InChI is InChI=1S/C23H21N5O2S/c1-14-5-4-6-19-21(14)24-13-28(22(19)30)12-20(29)27-17-7-9-18(10-8-17)31-23-25-15(2)11-16(3)26-23/h4-11,13H,12H2,1-3H3,(H,27,29). The van der Waals surface area contributed by atoms with Crippen LogP contribution < -0.4 is 10.9 Å². The molecule has 1 amide bonds. The van der Waals surface area contributed by atoms with E-state index >= 15 is 0 Å². The SMILES string of the molecule is Cc1cc(C)nc(Sc2ccc(NC(=O)Cn3cnc4c(C)cccc4c3=O)cc2)n1. The monoisotopic (exact) mass is 431 g/mol. The first-order chi connectivity index (χ1) is 14.9. The molecule has 0 radical (unpaired) electrons. The zero-order valence-corrected chi connectivity index (χ0v) is 18.2. The molecule has 0 bridgehead atoms. The van der Waals surface area contributed by atoms with Gasteiger partial charge in [-0.3, -0.25) is 14.2 Å². The van der Waals surface area contributed by atoms with Crippen LogP contribution >= 0.6 is 11.8 Å². The maximum absolute atomic E-state index is 12.7. The van der Waals surface area contributed by atoms with Gasteiger partial charge in [0.25, 0.3) is 5.56 Å². The molecule has 0 spiro atoms. The summed E-state index contributed by atoms with van der Waals surface area (Å²) in [4.78, 5) is 39.3. The number of rotatable bonds is 5. The third-order valence-corrected chi connectivity index (χ3v) is 5.55. The number of carbonyl (C=O) groups excluding carboxylic acids is 1. The minimum Gasteiger partial charge on any atom is -0.325 e. The Morgan fingerprint density at radius 3 is 2.45 bits per heavy atom. The molecule has 8 heteroatoms. The highest BCUT2D eigenvalue weighted by atomic mass is 32.2. The second-order valence-electron chi connectivity index (χ2n) is 7.26. The van der Waals surface area contributed by atoms with Gasteiger partial charge < -0.3 is 5.32 Å². The van der Waals surface area contributed by atoms with E-state index in [1.54, 1.807) is 6.07 Å². The van der Waals surface area contributed by atoms with Gasteiger partial charge in [0, 0.05) is 22.0 Å². The molecule has 156 valence electrons. The Labute approximate surface area is 183 Å². The Bertz CT molecular complexity index is 1310. The van der Waals surface area contributed by atoms with E-state index in [1.807, 2.05) is 63.2 Å². The van der Waals surface area contributed by atoms with Gasteiger partial charge in [-0.25, -0.2) is 15.0 Å². The molecular weight excluding hydrogens is 410 g/mol. The molecule has 2 aromatic carbocycles. The van der Waals surface area contributed by atoms with Gasteiger partial charge >= 0.3 is 0 Å². The summed E-state index contributed by atoms with van der Waals surface area (Å²) in [5, 5.41) is 4.01. The number of hydrogen-bond donors (Lipinski definition) is 1. The average Bonchev–Trinajstić information content (AvgIpc) is 2.71. The van der Waals surface area contributed by atoms with Crippen LogP contribution in [0.3, 0.4) is 0 Å². The van der Waals surface area contributed by atoms with Crippen LogP contribution in [-0.2, 0) is 11.3 Å². The molecule has 0 saturated heterocycles. The maximum atomic E-state index is 12.7. The molecule has 0 aliphatic heterocycles. The van der Waals surface area contributed by atoms with Gasteiger partial charge in [-0.2, -0.15) is 0 Å². The summed E-state index contributed by atoms with van der Waals surface area (Å²) in [6.07, 6.45) is 1.42. The van der Waals surface area contributed by atoms with Crippen molar-refractivity contribution >= 4 is 34.3 Å². The number of hydrogen-bond acceptors (Lipinski definition) is 6. The second-order valence-corrected chi connectivity index (χ2v) is 8.30. The highest BCUT2D eigenvalue weighted by Crippen LogP contribution is 2.26. The lowest BCUT2D eigenvalue weighted by Crippen LogP contribution is -2.28. The van der Waals surface area contributed by atoms with Gasteiger partial charge in [0.05, 0.1) is 17.2 Å². The first-order valence-electron chi connectivity index (χ1n) is 9.74. The first-order valence-corrected chi connectivity index (χ1v) is 10.6. The number of fused-ring (bicyclic) bond motifs is 1. The fourth-order valence-corrected chi connectivity index (χ4v) is 4.12. The van der Waals surface area contributed by atoms with E-state index in [-0.39, 0.29) is 18.0 Å². The van der Waals surface area contributed by atoms with Crippen molar-refractivity contribution in [2.45, 2.75) is 37.4 Å². The number of nitrogens with one attached hydrogen (secondary N) is 1. The zero-order chi connectivity index (χ0) is 22.0. The minimum atomic E-state index is -0.297. The van der Waals surface area contributed by atoms with E-state index in [2.05, 4.69) is 20.3 Å². The molecule has 2 heterocycles. The fraction of sp³-hybridized carbons (Fsp3) is 0.174. The van der Waals surface area contributed by atoms with Crippen LogP contribution in [0, 0.1) is 20.8 Å². The highest BCUT2D eigenvalue weighted by Gasteiger charge is 2.10. The third kappa shape index (κ3) is 4.80. The lowest BCUT2D eigenvalue weighted by atomic mass is 10.1. The summed E-state index contributed by atoms with van der Waals surface area (Å²) < 4.78 is 1.32. The van der Waals surface area contributed by atoms with Gasteiger partial charge in [-0.1, -0.05) is 12.1 Å². The number of carbonyl (C=O) groups is 1. The molecule has 0 atom stereocenters. The molecule has 4 aromatic rings. The van der Waals surface area contributed by atoms with E-state index in [0.29, 0.717) is 21.7 Å². The predicted molar refractivity (Wildman–Crippen MR) is 121 cm³/mol. The molecule has 0 aliphatic carbocycles. The molecule has 0 aliphatic rings. The van der Waals surface area contributed by atoms with Gasteiger partial charge in [-0.15, -0.1) is 0 Å². The van der Waals surface area contributed by atoms with Crippen molar-refractivity contribution in [3.05, 3.63) is 82.2 Å². The summed E-state index contributed by atoms with van der Waals surface area (Å²) in [7, 11) is 0. The van der Waals surface area contributed by atoms with Crippen LogP contribution in [0.5, 0.6) is 0 Å². The van der Waals surface area contributed by atoms with Gasteiger partial charge in [0.15, 0.2) is 5.16 Å². The van der Waals surface area contributed by atoms with Crippen LogP contribution in [0.2, 0.25) is 0 Å². The van der Waals surface area contributed by atoms with E-state index in [4.69, 9.17) is 0 Å². The van der Waals surface area contributed by atoms with Crippen molar-refractivity contribution in [2.75, 3.05) is 5.32 Å². The summed E-state index contributed by atoms with van der Waals surface area (Å²) in [6, 6.07) is 14.8. The maximum Gasteiger partial charge on any atom is 0.261 e. The Morgan fingerprint density at radius 2 is 1.74 bits per heavy atom. The Balaban J connectivity index is 1.44. The molecule has 31 heavy (non-hydrogen) atoms. The number of anilines is 1. The number of amides is 1. The molecule has 2 aromatic heterocycles. The number of para-hydroxylation sites is 1. The normalized spacial score (nSPS) is 10.9. The lowest BCUT2D eigenvalue weighted by Gasteiger charge is -2.09. The summed E-state index contributed by atoms with van der Waals surface area (Å²) in [6.45, 7) is 5.67. The van der Waals surface area contributed by atoms with Crippen LogP contribution in [0.4, 0.5) is 5.69 Å². The van der Waals surface area contributed by atoms with Crippen molar-refractivity contribution in [3.8, 4) is 0 Å². The van der Waals surface area contributed by atoms with E-state index < -0.39 is 0 Å². The smallest absolute Gasteiger partial charge is 0.261 e. The topological polar surface area (TPSA) is 89.8 Å². The largest absolute Gasteiger partial charge is 0.325 e. The molecule has 7 nitrogen and oxygen atoms in total. The molecule has 0 fully saturated rings. The molecular formula is C23H21N5O2S. The number of aryl methyl sites for hydroxylation is 3. The number of benzene rings is 2. The summed E-state index contributed by atoms with van der Waals surface area (Å²) in [5.74, 6) is -0.297. The predicted octanol–water partition coefficient (Wildman–Crippen LogP) is 3.90. The Hall–Kier alpha value is -3.52. The van der Waals surface area contributed by atoms with Crippen molar-refractivity contribution in [1.29, 1.82) is 0 Å². The van der Waals surface area contributed by atoms with E-state index in [1.165, 1.54) is 22.7 Å². The van der Waals surface area contributed by atoms with Crippen molar-refractivity contribution in [1.82, 2.24) is 19.5 Å². The quantitative estimate of drug-likeness (QED) is 0.482. The van der Waals surface area contributed by atoms with Crippen molar-refractivity contribution in [2.24, 2.45) is 0 Å². The summed E-state index contributed by atoms with van der Waals surface area (Å²) >= 11 is 1.46. The van der Waals surface area contributed by atoms with Gasteiger partial charge in [0.1, 0.15) is 6.54 Å². The minimum absolute atomic E-state index is 0.109. The van der Waals surface area contributed by atoms with Crippen LogP contribution in [0.25, 0.3) is 10.9 Å². The molecule has 4 rings (SSSR count). The lowest BCUT2D eigenvalue weighted by molar-refractivity contribution is -0.116. The van der Waals surface area contributed by atoms with Crippen LogP contribution in [0.15, 0.2) is 69.7 Å². The zero-order valence-electron chi connectivity index (χ0n) is 17.4. The second kappa shape index (κ2) is 8.69. The van der Waals surface area contributed by atoms with Crippen molar-refractivity contribution in [3.63, 3.8) is 0 Å². The van der Waals surface area contributed by atoms with Crippen LogP contribution in [-0.4, -0.2) is 25.4 Å². The van der Waals surface area contributed by atoms with Gasteiger partial charge in [0.2, 0.25) is 5.91 Å².